The fraction of sp³-hybridized carbons (Fsp3) is 0.238. The average molecular weight is 436 g/mol. The molecule has 29 heavy (non-hydrogen) atoms. The lowest BCUT2D eigenvalue weighted by Gasteiger charge is -2.32. The predicted molar refractivity (Wildman–Crippen MR) is 110 cm³/mol. The maximum Gasteiger partial charge on any atom is 0.255 e. The van der Waals surface area contributed by atoms with Crippen molar-refractivity contribution in [1.29, 1.82) is 0 Å². The summed E-state index contributed by atoms with van der Waals surface area (Å²) in [5.41, 5.74) is -0.838. The summed E-state index contributed by atoms with van der Waals surface area (Å²) in [6.45, 7) is 0. The Morgan fingerprint density at radius 3 is 2.31 bits per heavy atom. The molecule has 152 valence electrons. The van der Waals surface area contributed by atoms with E-state index in [1.165, 1.54) is 43.5 Å². The Labute approximate surface area is 177 Å². The van der Waals surface area contributed by atoms with E-state index in [1.54, 1.807) is 12.1 Å². The summed E-state index contributed by atoms with van der Waals surface area (Å²) >= 11 is 11.8. The van der Waals surface area contributed by atoms with Crippen LogP contribution in [0.2, 0.25) is 10.0 Å². The number of rotatable bonds is 5. The molecule has 0 spiro atoms. The van der Waals surface area contributed by atoms with Gasteiger partial charge in [0.1, 0.15) is 5.76 Å². The Bertz CT molecular complexity index is 953. The molecular formula is C21H19Cl2NO5. The highest BCUT2D eigenvalue weighted by atomic mass is 35.5. The van der Waals surface area contributed by atoms with E-state index in [0.29, 0.717) is 21.3 Å². The van der Waals surface area contributed by atoms with Crippen molar-refractivity contribution in [3.8, 4) is 0 Å². The molecule has 3 N–H and O–H groups in total. The molecule has 0 aromatic heterocycles. The Hall–Kier alpha value is -2.38. The number of hydrogen-bond acceptors (Lipinski definition) is 5. The maximum absolute atomic E-state index is 12.9. The number of benzene rings is 2. The SMILES string of the molecule is COC1=CC(O)CCC1(O)C(=O)c1ccc(NC(=O)c2cc(Cl)cc(Cl)c2)cc1. The number of nitrogens with one attached hydrogen (secondary N) is 1. The smallest absolute Gasteiger partial charge is 0.255 e. The molecule has 0 heterocycles. The zero-order valence-electron chi connectivity index (χ0n) is 15.5. The molecule has 1 aliphatic rings. The van der Waals surface area contributed by atoms with E-state index in [1.807, 2.05) is 0 Å². The number of Topliss-reactive ketones (excluding diaryl/α,β-unsaturated/α-hetero) is 1. The number of aliphatic hydroxyl groups excluding tert-OH is 1. The van der Waals surface area contributed by atoms with Crippen LogP contribution in [-0.2, 0) is 4.74 Å². The van der Waals surface area contributed by atoms with Crippen LogP contribution in [0, 0.1) is 0 Å². The first kappa shape index (κ1) is 21.3. The van der Waals surface area contributed by atoms with Gasteiger partial charge in [0.2, 0.25) is 5.78 Å². The molecule has 2 unspecified atom stereocenters. The summed E-state index contributed by atoms with van der Waals surface area (Å²) in [5, 5.41) is 23.9. The van der Waals surface area contributed by atoms with Crippen molar-refractivity contribution in [3.63, 3.8) is 0 Å². The highest BCUT2D eigenvalue weighted by Gasteiger charge is 2.44. The number of methoxy groups -OCH3 is 1. The van der Waals surface area contributed by atoms with Gasteiger partial charge in [-0.25, -0.2) is 0 Å². The van der Waals surface area contributed by atoms with E-state index in [4.69, 9.17) is 27.9 Å². The molecule has 0 radical (unpaired) electrons. The van der Waals surface area contributed by atoms with Gasteiger partial charge < -0.3 is 20.3 Å². The van der Waals surface area contributed by atoms with Gasteiger partial charge in [0.15, 0.2) is 5.60 Å². The summed E-state index contributed by atoms with van der Waals surface area (Å²) in [7, 11) is 1.34. The summed E-state index contributed by atoms with van der Waals surface area (Å²) < 4.78 is 5.12. The van der Waals surface area contributed by atoms with Crippen molar-refractivity contribution in [2.75, 3.05) is 12.4 Å². The number of halogens is 2. The van der Waals surface area contributed by atoms with Gasteiger partial charge >= 0.3 is 0 Å². The first-order valence-corrected chi connectivity index (χ1v) is 9.57. The average Bonchev–Trinajstić information content (AvgIpc) is 2.69. The molecule has 3 rings (SSSR count). The largest absolute Gasteiger partial charge is 0.498 e. The van der Waals surface area contributed by atoms with Gasteiger partial charge in [0.25, 0.3) is 5.91 Å². The molecule has 2 atom stereocenters. The molecule has 0 saturated heterocycles. The molecule has 0 saturated carbocycles. The number of ketones is 1. The predicted octanol–water partition coefficient (Wildman–Crippen LogP) is 3.84. The summed E-state index contributed by atoms with van der Waals surface area (Å²) in [5.74, 6) is -0.925. The number of hydrogen-bond donors (Lipinski definition) is 3. The third kappa shape index (κ3) is 4.62. The number of carbonyl (C=O) groups is 2. The van der Waals surface area contributed by atoms with Crippen LogP contribution in [0.4, 0.5) is 5.69 Å². The molecular weight excluding hydrogens is 417 g/mol. The normalized spacial score (nSPS) is 21.3. The Kier molecular flexibility index (Phi) is 6.29. The first-order valence-electron chi connectivity index (χ1n) is 8.82. The lowest BCUT2D eigenvalue weighted by atomic mass is 9.81. The Morgan fingerprint density at radius 1 is 1.10 bits per heavy atom. The second kappa shape index (κ2) is 8.55. The topological polar surface area (TPSA) is 95.9 Å². The summed E-state index contributed by atoms with van der Waals surface area (Å²) in [4.78, 5) is 25.2. The number of amides is 1. The quantitative estimate of drug-likeness (QED) is 0.619. The number of ether oxygens (including phenoxy) is 1. The van der Waals surface area contributed by atoms with Crippen LogP contribution in [0.1, 0.15) is 33.6 Å². The minimum atomic E-state index is -1.84. The first-order chi connectivity index (χ1) is 13.7. The van der Waals surface area contributed by atoms with E-state index in [9.17, 15) is 19.8 Å². The van der Waals surface area contributed by atoms with Crippen LogP contribution in [0.15, 0.2) is 54.3 Å². The van der Waals surface area contributed by atoms with Crippen molar-refractivity contribution in [1.82, 2.24) is 0 Å². The summed E-state index contributed by atoms with van der Waals surface area (Å²) in [6, 6.07) is 10.6. The fourth-order valence-electron chi connectivity index (χ4n) is 3.17. The highest BCUT2D eigenvalue weighted by molar-refractivity contribution is 6.35. The van der Waals surface area contributed by atoms with Gasteiger partial charge in [-0.15, -0.1) is 0 Å². The Morgan fingerprint density at radius 2 is 1.72 bits per heavy atom. The lowest BCUT2D eigenvalue weighted by Crippen LogP contribution is -2.44. The maximum atomic E-state index is 12.9. The van der Waals surface area contributed by atoms with E-state index in [2.05, 4.69) is 5.32 Å². The number of carbonyl (C=O) groups excluding carboxylic acids is 2. The van der Waals surface area contributed by atoms with Gasteiger partial charge in [0, 0.05) is 26.9 Å². The van der Waals surface area contributed by atoms with Crippen LogP contribution in [0.3, 0.4) is 0 Å². The monoisotopic (exact) mass is 435 g/mol. The molecule has 0 bridgehead atoms. The molecule has 6 nitrogen and oxygen atoms in total. The van der Waals surface area contributed by atoms with E-state index < -0.39 is 23.4 Å². The molecule has 0 fully saturated rings. The minimum Gasteiger partial charge on any atom is -0.498 e. The standard InChI is InChI=1S/C21H19Cl2NO5/c1-29-18-11-17(25)6-7-21(18,28)19(26)12-2-4-16(5-3-12)24-20(27)13-8-14(22)10-15(23)9-13/h2-5,8-11,17,25,28H,6-7H2,1H3,(H,24,27). The zero-order chi connectivity index (χ0) is 21.2. The zero-order valence-corrected chi connectivity index (χ0v) is 17.0. The molecule has 2 aromatic rings. The Balaban J connectivity index is 1.77. The summed E-state index contributed by atoms with van der Waals surface area (Å²) in [6.07, 6.45) is 0.855. The highest BCUT2D eigenvalue weighted by Crippen LogP contribution is 2.33. The van der Waals surface area contributed by atoms with Crippen LogP contribution in [-0.4, -0.2) is 40.7 Å². The van der Waals surface area contributed by atoms with Crippen molar-refractivity contribution in [3.05, 3.63) is 75.5 Å². The third-order valence-corrected chi connectivity index (χ3v) is 5.11. The van der Waals surface area contributed by atoms with E-state index in [0.717, 1.165) is 0 Å². The van der Waals surface area contributed by atoms with Crippen molar-refractivity contribution in [2.45, 2.75) is 24.5 Å². The number of aliphatic hydroxyl groups is 2. The third-order valence-electron chi connectivity index (χ3n) is 4.68. The van der Waals surface area contributed by atoms with E-state index >= 15 is 0 Å². The van der Waals surface area contributed by atoms with Crippen molar-refractivity contribution < 1.29 is 24.5 Å². The van der Waals surface area contributed by atoms with Crippen molar-refractivity contribution in [2.24, 2.45) is 0 Å². The molecule has 1 amide bonds. The van der Waals surface area contributed by atoms with Crippen LogP contribution in [0.25, 0.3) is 0 Å². The van der Waals surface area contributed by atoms with Gasteiger partial charge in [-0.05, 0) is 61.4 Å². The molecule has 2 aromatic carbocycles. The van der Waals surface area contributed by atoms with Gasteiger partial charge in [-0.2, -0.15) is 0 Å². The van der Waals surface area contributed by atoms with Crippen molar-refractivity contribution >= 4 is 40.6 Å². The second-order valence-electron chi connectivity index (χ2n) is 6.72. The second-order valence-corrected chi connectivity index (χ2v) is 7.59. The van der Waals surface area contributed by atoms with E-state index in [-0.39, 0.29) is 24.2 Å². The minimum absolute atomic E-state index is 0.0245. The van der Waals surface area contributed by atoms with Crippen LogP contribution in [0.5, 0.6) is 0 Å². The van der Waals surface area contributed by atoms with Gasteiger partial charge in [0.05, 0.1) is 13.2 Å². The molecule has 1 aliphatic carbocycles. The lowest BCUT2D eigenvalue weighted by molar-refractivity contribution is 0.00229. The number of anilines is 1. The molecule has 0 aliphatic heterocycles. The molecule has 8 heteroatoms. The van der Waals surface area contributed by atoms with Gasteiger partial charge in [-0.3, -0.25) is 9.59 Å². The fourth-order valence-corrected chi connectivity index (χ4v) is 3.70. The van der Waals surface area contributed by atoms with Gasteiger partial charge in [-0.1, -0.05) is 23.2 Å². The van der Waals surface area contributed by atoms with Crippen LogP contribution >= 0.6 is 23.2 Å². The van der Waals surface area contributed by atoms with Crippen LogP contribution < -0.4 is 5.32 Å².